The van der Waals surface area contributed by atoms with Crippen LogP contribution in [0.3, 0.4) is 0 Å². The first-order valence-electron chi connectivity index (χ1n) is 10.9. The van der Waals surface area contributed by atoms with Crippen molar-refractivity contribution >= 4 is 23.6 Å². The SMILES string of the molecule is COc1cccc(NC(=O)[C@H](C)NC(=O)[C@@H]2Cc3ccccc3CN2C(=O)OC(C)(C)C)c1. The molecule has 2 atom stereocenters. The predicted molar refractivity (Wildman–Crippen MR) is 125 cm³/mol. The summed E-state index contributed by atoms with van der Waals surface area (Å²) in [6.07, 6.45) is -0.225. The molecule has 0 saturated heterocycles. The molecule has 0 saturated carbocycles. The minimum atomic E-state index is -0.818. The zero-order chi connectivity index (χ0) is 24.2. The van der Waals surface area contributed by atoms with Gasteiger partial charge in [-0.1, -0.05) is 30.3 Å². The van der Waals surface area contributed by atoms with Gasteiger partial charge in [0.05, 0.1) is 13.7 Å². The van der Waals surface area contributed by atoms with Crippen LogP contribution >= 0.6 is 0 Å². The van der Waals surface area contributed by atoms with Gasteiger partial charge in [-0.25, -0.2) is 4.79 Å². The first-order valence-corrected chi connectivity index (χ1v) is 10.9. The van der Waals surface area contributed by atoms with Crippen molar-refractivity contribution in [1.29, 1.82) is 0 Å². The molecule has 8 heteroatoms. The van der Waals surface area contributed by atoms with Gasteiger partial charge in [0.15, 0.2) is 0 Å². The maximum atomic E-state index is 13.2. The second kappa shape index (κ2) is 9.94. The van der Waals surface area contributed by atoms with E-state index < -0.39 is 29.7 Å². The number of hydrogen-bond donors (Lipinski definition) is 2. The van der Waals surface area contributed by atoms with Crippen molar-refractivity contribution in [3.8, 4) is 5.75 Å². The third-order valence-corrected chi connectivity index (χ3v) is 5.27. The van der Waals surface area contributed by atoms with Gasteiger partial charge in [-0.3, -0.25) is 14.5 Å². The molecule has 2 aromatic rings. The van der Waals surface area contributed by atoms with Gasteiger partial charge in [0.1, 0.15) is 23.4 Å². The van der Waals surface area contributed by atoms with E-state index in [4.69, 9.17) is 9.47 Å². The predicted octanol–water partition coefficient (Wildman–Crippen LogP) is 3.50. The minimum Gasteiger partial charge on any atom is -0.497 e. The van der Waals surface area contributed by atoms with Gasteiger partial charge in [-0.2, -0.15) is 0 Å². The lowest BCUT2D eigenvalue weighted by molar-refractivity contribution is -0.130. The quantitative estimate of drug-likeness (QED) is 0.722. The zero-order valence-corrected chi connectivity index (χ0v) is 19.7. The standard InChI is InChI=1S/C25H31N3O5/c1-16(22(29)27-19-11-8-12-20(14-19)32-5)26-23(30)21-13-17-9-6-7-10-18(17)15-28(21)24(31)33-25(2,3)4/h6-12,14,16,21H,13,15H2,1-5H3,(H,26,30)(H,27,29)/t16-,21-/m0/s1. The number of anilines is 1. The van der Waals surface area contributed by atoms with Gasteiger partial charge < -0.3 is 20.1 Å². The van der Waals surface area contributed by atoms with E-state index in [0.29, 0.717) is 17.9 Å². The number of benzene rings is 2. The van der Waals surface area contributed by atoms with Crippen molar-refractivity contribution in [2.75, 3.05) is 12.4 Å². The molecule has 0 bridgehead atoms. The first kappa shape index (κ1) is 24.1. The number of nitrogens with one attached hydrogen (secondary N) is 2. The first-order chi connectivity index (χ1) is 15.6. The van der Waals surface area contributed by atoms with Crippen LogP contribution in [0, 0.1) is 0 Å². The van der Waals surface area contributed by atoms with Crippen LogP contribution in [0.1, 0.15) is 38.8 Å². The molecule has 1 heterocycles. The third kappa shape index (κ3) is 6.25. The number of hydrogen-bond acceptors (Lipinski definition) is 5. The summed E-state index contributed by atoms with van der Waals surface area (Å²) in [4.78, 5) is 40.2. The topological polar surface area (TPSA) is 97.0 Å². The Morgan fingerprint density at radius 3 is 2.42 bits per heavy atom. The Morgan fingerprint density at radius 1 is 1.06 bits per heavy atom. The molecule has 1 aliphatic rings. The number of carbonyl (C=O) groups is 3. The van der Waals surface area contributed by atoms with Crippen LogP contribution in [0.4, 0.5) is 10.5 Å². The molecule has 0 spiro atoms. The number of rotatable bonds is 5. The van der Waals surface area contributed by atoms with Crippen molar-refractivity contribution in [2.24, 2.45) is 0 Å². The van der Waals surface area contributed by atoms with Crippen LogP contribution in [-0.4, -0.2) is 47.6 Å². The Labute approximate surface area is 194 Å². The summed E-state index contributed by atoms with van der Waals surface area (Å²) in [6, 6.07) is 13.0. The van der Waals surface area contributed by atoms with E-state index >= 15 is 0 Å². The minimum absolute atomic E-state index is 0.258. The van der Waals surface area contributed by atoms with Gasteiger partial charge in [-0.05, 0) is 51.0 Å². The molecule has 0 aromatic heterocycles. The Kier molecular flexibility index (Phi) is 7.26. The molecule has 176 valence electrons. The van der Waals surface area contributed by atoms with Gasteiger partial charge in [0, 0.05) is 18.2 Å². The highest BCUT2D eigenvalue weighted by Crippen LogP contribution is 2.25. The van der Waals surface area contributed by atoms with Crippen molar-refractivity contribution in [3.63, 3.8) is 0 Å². The average Bonchev–Trinajstić information content (AvgIpc) is 2.77. The Morgan fingerprint density at radius 2 is 1.76 bits per heavy atom. The van der Waals surface area contributed by atoms with E-state index in [1.54, 1.807) is 59.1 Å². The molecule has 0 fully saturated rings. The van der Waals surface area contributed by atoms with Gasteiger partial charge in [-0.15, -0.1) is 0 Å². The Balaban J connectivity index is 1.73. The van der Waals surface area contributed by atoms with Crippen molar-refractivity contribution in [1.82, 2.24) is 10.2 Å². The van der Waals surface area contributed by atoms with Gasteiger partial charge in [0.2, 0.25) is 11.8 Å². The maximum Gasteiger partial charge on any atom is 0.411 e. The lowest BCUT2D eigenvalue weighted by Gasteiger charge is -2.37. The van der Waals surface area contributed by atoms with Crippen LogP contribution in [0.25, 0.3) is 0 Å². The number of carbonyl (C=O) groups excluding carboxylic acids is 3. The molecule has 0 radical (unpaired) electrons. The van der Waals surface area contributed by atoms with Crippen LogP contribution in [0.15, 0.2) is 48.5 Å². The summed E-state index contributed by atoms with van der Waals surface area (Å²) in [5.41, 5.74) is 1.82. The van der Waals surface area contributed by atoms with E-state index in [-0.39, 0.29) is 12.5 Å². The van der Waals surface area contributed by atoms with Gasteiger partial charge >= 0.3 is 6.09 Å². The maximum absolute atomic E-state index is 13.2. The fourth-order valence-corrected chi connectivity index (χ4v) is 3.60. The Hall–Kier alpha value is -3.55. The van der Waals surface area contributed by atoms with Crippen LogP contribution in [-0.2, 0) is 27.3 Å². The molecular weight excluding hydrogens is 422 g/mol. The summed E-state index contributed by atoms with van der Waals surface area (Å²) in [5.74, 6) is -0.182. The smallest absolute Gasteiger partial charge is 0.411 e. The molecule has 0 unspecified atom stereocenters. The summed E-state index contributed by atoms with van der Waals surface area (Å²) in [7, 11) is 1.54. The molecule has 3 rings (SSSR count). The normalized spacial score (nSPS) is 16.3. The lowest BCUT2D eigenvalue weighted by Crippen LogP contribution is -2.56. The second-order valence-corrected chi connectivity index (χ2v) is 9.05. The van der Waals surface area contributed by atoms with E-state index in [9.17, 15) is 14.4 Å². The fourth-order valence-electron chi connectivity index (χ4n) is 3.60. The molecule has 33 heavy (non-hydrogen) atoms. The highest BCUT2D eigenvalue weighted by molar-refractivity contribution is 5.98. The number of ether oxygens (including phenoxy) is 2. The number of fused-ring (bicyclic) bond motifs is 1. The van der Waals surface area contributed by atoms with Crippen LogP contribution < -0.4 is 15.4 Å². The largest absolute Gasteiger partial charge is 0.497 e. The summed E-state index contributed by atoms with van der Waals surface area (Å²) < 4.78 is 10.7. The number of amides is 3. The monoisotopic (exact) mass is 453 g/mol. The molecule has 3 amide bonds. The van der Waals surface area contributed by atoms with E-state index in [1.165, 1.54) is 4.90 Å². The molecule has 0 aliphatic carbocycles. The van der Waals surface area contributed by atoms with Gasteiger partial charge in [0.25, 0.3) is 0 Å². The molecule has 2 N–H and O–H groups in total. The second-order valence-electron chi connectivity index (χ2n) is 9.05. The highest BCUT2D eigenvalue weighted by atomic mass is 16.6. The molecule has 8 nitrogen and oxygen atoms in total. The number of nitrogens with zero attached hydrogens (tertiary/aromatic N) is 1. The van der Waals surface area contributed by atoms with Crippen LogP contribution in [0.5, 0.6) is 5.75 Å². The van der Waals surface area contributed by atoms with Crippen molar-refractivity contribution < 1.29 is 23.9 Å². The van der Waals surface area contributed by atoms with Crippen molar-refractivity contribution in [3.05, 3.63) is 59.7 Å². The summed E-state index contributed by atoms with van der Waals surface area (Å²) in [6.45, 7) is 7.20. The lowest BCUT2D eigenvalue weighted by atomic mass is 9.93. The van der Waals surface area contributed by atoms with Crippen molar-refractivity contribution in [2.45, 2.75) is 58.3 Å². The summed E-state index contributed by atoms with van der Waals surface area (Å²) in [5, 5.41) is 5.51. The molecular formula is C25H31N3O5. The fraction of sp³-hybridized carbons (Fsp3) is 0.400. The number of methoxy groups -OCH3 is 1. The Bertz CT molecular complexity index is 1030. The average molecular weight is 454 g/mol. The molecule has 2 aromatic carbocycles. The zero-order valence-electron chi connectivity index (χ0n) is 19.7. The van der Waals surface area contributed by atoms with Crippen LogP contribution in [0.2, 0.25) is 0 Å². The summed E-state index contributed by atoms with van der Waals surface area (Å²) >= 11 is 0. The third-order valence-electron chi connectivity index (χ3n) is 5.27. The van der Waals surface area contributed by atoms with E-state index in [1.807, 2.05) is 24.3 Å². The highest BCUT2D eigenvalue weighted by Gasteiger charge is 2.37. The molecule has 1 aliphatic heterocycles. The van der Waals surface area contributed by atoms with E-state index in [2.05, 4.69) is 10.6 Å². The van der Waals surface area contributed by atoms with E-state index in [0.717, 1.165) is 11.1 Å².